The Morgan fingerprint density at radius 1 is 1.52 bits per heavy atom. The molecule has 2 aromatic heterocycles. The molecule has 7 nitrogen and oxygen atoms in total. The summed E-state index contributed by atoms with van der Waals surface area (Å²) in [5.74, 6) is -0.115. The fourth-order valence-corrected chi connectivity index (χ4v) is 2.72. The lowest BCUT2D eigenvalue weighted by Gasteiger charge is -2.22. The quantitative estimate of drug-likeness (QED) is 0.839. The molecule has 0 spiro atoms. The monoisotopic (exact) mass is 305 g/mol. The molecule has 3 rings (SSSR count). The summed E-state index contributed by atoms with van der Waals surface area (Å²) < 4.78 is 5.39. The van der Waals surface area contributed by atoms with Crippen LogP contribution in [0, 0.1) is 0 Å². The first-order valence-corrected chi connectivity index (χ1v) is 7.52. The third kappa shape index (κ3) is 3.60. The van der Waals surface area contributed by atoms with Crippen LogP contribution in [-0.2, 0) is 16.1 Å². The zero-order valence-corrected chi connectivity index (χ0v) is 12.1. The topological polar surface area (TPSA) is 89.0 Å². The van der Waals surface area contributed by atoms with E-state index in [9.17, 15) is 4.79 Å². The van der Waals surface area contributed by atoms with Crippen LogP contribution in [0.5, 0.6) is 0 Å². The summed E-state index contributed by atoms with van der Waals surface area (Å²) >= 11 is 1.48. The Morgan fingerprint density at radius 3 is 3.24 bits per heavy atom. The highest BCUT2D eigenvalue weighted by molar-refractivity contribution is 7.13. The van der Waals surface area contributed by atoms with Gasteiger partial charge in [0.05, 0.1) is 25.0 Å². The number of morpholine rings is 1. The molecule has 1 aliphatic rings. The van der Waals surface area contributed by atoms with Crippen LogP contribution in [0.2, 0.25) is 0 Å². The van der Waals surface area contributed by atoms with Gasteiger partial charge >= 0.3 is 0 Å². The summed E-state index contributed by atoms with van der Waals surface area (Å²) in [6.07, 6.45) is 4.50. The lowest BCUT2D eigenvalue weighted by molar-refractivity contribution is -0.134. The third-order valence-corrected chi connectivity index (χ3v) is 3.91. The first kappa shape index (κ1) is 14.1. The van der Waals surface area contributed by atoms with Crippen molar-refractivity contribution in [3.63, 3.8) is 0 Å². The standard InChI is InChI=1S/C13H15N5O2S/c19-12(11-7-15-3-4-20-11)17-5-9-8-21-13(18-9)10-6-14-1-2-16-10/h1-2,6,8,11,15H,3-5,7H2,(H,17,19)/t11-/m1/s1. The van der Waals surface area contributed by atoms with Gasteiger partial charge in [-0.2, -0.15) is 0 Å². The third-order valence-electron chi connectivity index (χ3n) is 3.00. The number of nitrogens with zero attached hydrogens (tertiary/aromatic N) is 3. The number of thiazole rings is 1. The fraction of sp³-hybridized carbons (Fsp3) is 0.385. The van der Waals surface area contributed by atoms with Gasteiger partial charge in [-0.15, -0.1) is 11.3 Å². The Bertz CT molecular complexity index is 598. The highest BCUT2D eigenvalue weighted by Crippen LogP contribution is 2.20. The molecule has 2 N–H and O–H groups in total. The molecule has 1 atom stereocenters. The van der Waals surface area contributed by atoms with Crippen molar-refractivity contribution >= 4 is 17.2 Å². The minimum Gasteiger partial charge on any atom is -0.366 e. The Balaban J connectivity index is 1.56. The number of rotatable bonds is 4. The second-order valence-corrected chi connectivity index (χ2v) is 5.37. The molecule has 1 saturated heterocycles. The fourth-order valence-electron chi connectivity index (χ4n) is 1.94. The normalized spacial score (nSPS) is 18.4. The first-order valence-electron chi connectivity index (χ1n) is 6.64. The van der Waals surface area contributed by atoms with Crippen LogP contribution in [0.15, 0.2) is 24.0 Å². The summed E-state index contributed by atoms with van der Waals surface area (Å²) in [7, 11) is 0. The SMILES string of the molecule is O=C(NCc1csc(-c2cnccn2)n1)[C@H]1CNCCO1. The second-order valence-electron chi connectivity index (χ2n) is 4.52. The predicted octanol–water partition coefficient (Wildman–Crippen LogP) is 0.205. The van der Waals surface area contributed by atoms with Crippen LogP contribution < -0.4 is 10.6 Å². The Hall–Kier alpha value is -1.90. The lowest BCUT2D eigenvalue weighted by atomic mass is 10.3. The highest BCUT2D eigenvalue weighted by Gasteiger charge is 2.21. The van der Waals surface area contributed by atoms with E-state index in [2.05, 4.69) is 25.6 Å². The molecule has 0 bridgehead atoms. The van der Waals surface area contributed by atoms with Gasteiger partial charge in [-0.3, -0.25) is 14.8 Å². The molecule has 1 fully saturated rings. The van der Waals surface area contributed by atoms with E-state index in [-0.39, 0.29) is 5.91 Å². The van der Waals surface area contributed by atoms with E-state index >= 15 is 0 Å². The van der Waals surface area contributed by atoms with E-state index in [1.165, 1.54) is 11.3 Å². The highest BCUT2D eigenvalue weighted by atomic mass is 32.1. The summed E-state index contributed by atoms with van der Waals surface area (Å²) in [5.41, 5.74) is 1.54. The van der Waals surface area contributed by atoms with E-state index in [1.807, 2.05) is 5.38 Å². The number of ether oxygens (including phenoxy) is 1. The maximum absolute atomic E-state index is 11.9. The van der Waals surface area contributed by atoms with Crippen molar-refractivity contribution in [2.75, 3.05) is 19.7 Å². The molecule has 1 amide bonds. The van der Waals surface area contributed by atoms with Crippen molar-refractivity contribution in [3.05, 3.63) is 29.7 Å². The molecule has 0 unspecified atom stereocenters. The minimum absolute atomic E-state index is 0.115. The zero-order chi connectivity index (χ0) is 14.5. The second kappa shape index (κ2) is 6.70. The molecule has 0 radical (unpaired) electrons. The molecular formula is C13H15N5O2S. The molecule has 8 heteroatoms. The van der Waals surface area contributed by atoms with Crippen LogP contribution >= 0.6 is 11.3 Å². The zero-order valence-electron chi connectivity index (χ0n) is 11.3. The molecule has 110 valence electrons. The smallest absolute Gasteiger partial charge is 0.250 e. The molecule has 21 heavy (non-hydrogen) atoms. The number of hydrogen-bond donors (Lipinski definition) is 2. The Morgan fingerprint density at radius 2 is 2.48 bits per heavy atom. The van der Waals surface area contributed by atoms with Gasteiger partial charge in [-0.25, -0.2) is 4.98 Å². The lowest BCUT2D eigenvalue weighted by Crippen LogP contribution is -2.47. The summed E-state index contributed by atoms with van der Waals surface area (Å²) in [4.78, 5) is 24.6. The minimum atomic E-state index is -0.420. The molecule has 2 aromatic rings. The van der Waals surface area contributed by atoms with Crippen molar-refractivity contribution in [2.45, 2.75) is 12.6 Å². The maximum atomic E-state index is 11.9. The van der Waals surface area contributed by atoms with Gasteiger partial charge in [0.2, 0.25) is 0 Å². The molecule has 0 aliphatic carbocycles. The molecule has 0 saturated carbocycles. The van der Waals surface area contributed by atoms with Crippen LogP contribution in [0.4, 0.5) is 0 Å². The van der Waals surface area contributed by atoms with Gasteiger partial charge < -0.3 is 15.4 Å². The Labute approximate surface area is 125 Å². The average Bonchev–Trinajstić information content (AvgIpc) is 3.03. The van der Waals surface area contributed by atoms with Crippen LogP contribution in [0.1, 0.15) is 5.69 Å². The van der Waals surface area contributed by atoms with Crippen molar-refractivity contribution < 1.29 is 9.53 Å². The molecule has 0 aromatic carbocycles. The van der Waals surface area contributed by atoms with Gasteiger partial charge in [0.1, 0.15) is 16.8 Å². The first-order chi connectivity index (χ1) is 10.3. The van der Waals surface area contributed by atoms with Gasteiger partial charge in [-0.05, 0) is 0 Å². The number of nitrogens with one attached hydrogen (secondary N) is 2. The van der Waals surface area contributed by atoms with E-state index in [1.54, 1.807) is 18.6 Å². The maximum Gasteiger partial charge on any atom is 0.250 e. The molecular weight excluding hydrogens is 290 g/mol. The van der Waals surface area contributed by atoms with Gasteiger partial charge in [0.25, 0.3) is 5.91 Å². The van der Waals surface area contributed by atoms with Crippen LogP contribution in [-0.4, -0.2) is 46.7 Å². The molecule has 1 aliphatic heterocycles. The number of amides is 1. The van der Waals surface area contributed by atoms with Gasteiger partial charge in [-0.1, -0.05) is 0 Å². The number of carbonyl (C=O) groups is 1. The van der Waals surface area contributed by atoms with E-state index in [0.29, 0.717) is 19.7 Å². The van der Waals surface area contributed by atoms with Crippen molar-refractivity contribution in [1.29, 1.82) is 0 Å². The largest absolute Gasteiger partial charge is 0.366 e. The summed E-state index contributed by atoms with van der Waals surface area (Å²) in [6.45, 7) is 2.28. The van der Waals surface area contributed by atoms with Crippen molar-refractivity contribution in [1.82, 2.24) is 25.6 Å². The number of hydrogen-bond acceptors (Lipinski definition) is 7. The number of carbonyl (C=O) groups excluding carboxylic acids is 1. The summed E-state index contributed by atoms with van der Waals surface area (Å²) in [6, 6.07) is 0. The Kier molecular flexibility index (Phi) is 4.49. The van der Waals surface area contributed by atoms with Gasteiger partial charge in [0, 0.05) is 30.9 Å². The summed E-state index contributed by atoms with van der Waals surface area (Å²) in [5, 5.41) is 8.66. The van der Waals surface area contributed by atoms with Crippen molar-refractivity contribution in [3.8, 4) is 10.7 Å². The van der Waals surface area contributed by atoms with Gasteiger partial charge in [0.15, 0.2) is 0 Å². The van der Waals surface area contributed by atoms with Crippen LogP contribution in [0.25, 0.3) is 10.7 Å². The van der Waals surface area contributed by atoms with E-state index < -0.39 is 6.10 Å². The van der Waals surface area contributed by atoms with Crippen molar-refractivity contribution in [2.24, 2.45) is 0 Å². The average molecular weight is 305 g/mol. The molecule has 3 heterocycles. The van der Waals surface area contributed by atoms with E-state index in [0.717, 1.165) is 22.9 Å². The number of aromatic nitrogens is 3. The predicted molar refractivity (Wildman–Crippen MR) is 77.6 cm³/mol. The van der Waals surface area contributed by atoms with E-state index in [4.69, 9.17) is 4.74 Å². The van der Waals surface area contributed by atoms with Crippen LogP contribution in [0.3, 0.4) is 0 Å².